The molecule has 0 radical (unpaired) electrons. The predicted octanol–water partition coefficient (Wildman–Crippen LogP) is 4.30. The molecule has 8 nitrogen and oxygen atoms in total. The van der Waals surface area contributed by atoms with Gasteiger partial charge in [-0.25, -0.2) is 9.96 Å². The van der Waals surface area contributed by atoms with E-state index in [-0.39, 0.29) is 11.4 Å². The molecule has 0 aliphatic carbocycles. The number of amides is 2. The maximum Gasteiger partial charge on any atom is 0.293 e. The Morgan fingerprint density at radius 3 is 2.22 bits per heavy atom. The van der Waals surface area contributed by atoms with Gasteiger partial charge in [-0.2, -0.15) is 0 Å². The summed E-state index contributed by atoms with van der Waals surface area (Å²) in [5.41, 5.74) is 1.03. The van der Waals surface area contributed by atoms with Crippen molar-refractivity contribution in [2.24, 2.45) is 5.92 Å². The third-order valence-electron chi connectivity index (χ3n) is 5.66. The average Bonchev–Trinajstić information content (AvgIpc) is 3.31. The Morgan fingerprint density at radius 2 is 1.53 bits per heavy atom. The number of fused-ring (bicyclic) bond motifs is 1. The monoisotopic (exact) mass is 449 g/mol. The second-order valence-electron chi connectivity index (χ2n) is 7.47. The van der Waals surface area contributed by atoms with Crippen LogP contribution >= 0.6 is 11.6 Å². The standard InChI is InChI=1S/C23H16ClN3O5/c24-15-12-10-14(11-13-15)20-19-21(32-26(20)16-6-2-1-3-7-16)23(29)25(22(19)28)17-8-4-5-9-18(17)27(30)31/h1-13,19-21H/t19-,20+,21+/m0/s1. The number of halogens is 1. The van der Waals surface area contributed by atoms with E-state index in [0.717, 1.165) is 10.5 Å². The van der Waals surface area contributed by atoms with Gasteiger partial charge in [0.25, 0.3) is 11.6 Å². The van der Waals surface area contributed by atoms with Crippen LogP contribution in [0.4, 0.5) is 17.1 Å². The number of nitrogens with zero attached hydrogens (tertiary/aromatic N) is 3. The van der Waals surface area contributed by atoms with Gasteiger partial charge in [0, 0.05) is 11.1 Å². The fourth-order valence-corrected chi connectivity index (χ4v) is 4.38. The van der Waals surface area contributed by atoms with E-state index in [0.29, 0.717) is 10.7 Å². The van der Waals surface area contributed by atoms with Crippen LogP contribution in [0.25, 0.3) is 0 Å². The minimum absolute atomic E-state index is 0.0633. The van der Waals surface area contributed by atoms with E-state index in [4.69, 9.17) is 16.4 Å². The second kappa shape index (κ2) is 7.74. The van der Waals surface area contributed by atoms with Crippen LogP contribution in [-0.4, -0.2) is 22.8 Å². The molecule has 0 spiro atoms. The summed E-state index contributed by atoms with van der Waals surface area (Å²) >= 11 is 6.05. The molecule has 2 aliphatic rings. The van der Waals surface area contributed by atoms with Gasteiger partial charge < -0.3 is 0 Å². The molecule has 2 heterocycles. The van der Waals surface area contributed by atoms with Gasteiger partial charge >= 0.3 is 0 Å². The fourth-order valence-electron chi connectivity index (χ4n) is 4.26. The Labute approximate surface area is 187 Å². The molecule has 0 saturated carbocycles. The van der Waals surface area contributed by atoms with Gasteiger partial charge in [0.1, 0.15) is 11.6 Å². The molecule has 0 unspecified atom stereocenters. The first-order chi connectivity index (χ1) is 15.5. The van der Waals surface area contributed by atoms with E-state index in [1.807, 2.05) is 30.3 Å². The molecule has 0 bridgehead atoms. The van der Waals surface area contributed by atoms with Gasteiger partial charge in [0.2, 0.25) is 5.91 Å². The van der Waals surface area contributed by atoms with Gasteiger partial charge in [-0.1, -0.05) is 54.1 Å². The Balaban J connectivity index is 1.60. The Morgan fingerprint density at radius 1 is 0.875 bits per heavy atom. The van der Waals surface area contributed by atoms with E-state index in [1.165, 1.54) is 18.2 Å². The topological polar surface area (TPSA) is 93.0 Å². The molecule has 3 atom stereocenters. The van der Waals surface area contributed by atoms with E-state index < -0.39 is 34.8 Å². The first-order valence-electron chi connectivity index (χ1n) is 9.85. The smallest absolute Gasteiger partial charge is 0.273 e. The highest BCUT2D eigenvalue weighted by atomic mass is 35.5. The number of hydrogen-bond acceptors (Lipinski definition) is 6. The summed E-state index contributed by atoms with van der Waals surface area (Å²) < 4.78 is 0. The summed E-state index contributed by atoms with van der Waals surface area (Å²) in [6, 6.07) is 21.2. The maximum atomic E-state index is 13.5. The zero-order chi connectivity index (χ0) is 22.4. The number of benzene rings is 3. The van der Waals surface area contributed by atoms with Crippen molar-refractivity contribution in [2.75, 3.05) is 9.96 Å². The van der Waals surface area contributed by atoms with Gasteiger partial charge in [-0.3, -0.25) is 24.5 Å². The first kappa shape index (κ1) is 20.2. The fraction of sp³-hybridized carbons (Fsp3) is 0.130. The first-order valence-corrected chi connectivity index (χ1v) is 10.2. The second-order valence-corrected chi connectivity index (χ2v) is 7.90. The number of carbonyl (C=O) groups excluding carboxylic acids is 2. The lowest BCUT2D eigenvalue weighted by Gasteiger charge is -2.28. The van der Waals surface area contributed by atoms with Crippen molar-refractivity contribution in [3.63, 3.8) is 0 Å². The van der Waals surface area contributed by atoms with Gasteiger partial charge in [-0.15, -0.1) is 0 Å². The lowest BCUT2D eigenvalue weighted by atomic mass is 9.90. The summed E-state index contributed by atoms with van der Waals surface area (Å²) in [7, 11) is 0. The van der Waals surface area contributed by atoms with Crippen LogP contribution in [0.1, 0.15) is 11.6 Å². The van der Waals surface area contributed by atoms with Crippen molar-refractivity contribution in [3.05, 3.63) is 99.6 Å². The van der Waals surface area contributed by atoms with Crippen molar-refractivity contribution in [3.8, 4) is 0 Å². The molecule has 160 valence electrons. The van der Waals surface area contributed by atoms with Crippen LogP contribution in [0.2, 0.25) is 5.02 Å². The van der Waals surface area contributed by atoms with Crippen molar-refractivity contribution in [1.29, 1.82) is 0 Å². The highest BCUT2D eigenvalue weighted by Gasteiger charge is 2.61. The van der Waals surface area contributed by atoms with Crippen molar-refractivity contribution >= 4 is 40.5 Å². The summed E-state index contributed by atoms with van der Waals surface area (Å²) in [5.74, 6) is -2.07. The summed E-state index contributed by atoms with van der Waals surface area (Å²) in [6.07, 6.45) is -1.11. The number of imide groups is 1. The largest absolute Gasteiger partial charge is 0.293 e. The van der Waals surface area contributed by atoms with Crippen LogP contribution in [0.5, 0.6) is 0 Å². The molecule has 5 rings (SSSR count). The number of hydroxylamine groups is 1. The van der Waals surface area contributed by atoms with Crippen LogP contribution in [0, 0.1) is 16.0 Å². The number of para-hydroxylation sites is 3. The summed E-state index contributed by atoms with van der Waals surface area (Å²) in [4.78, 5) is 44.6. The predicted molar refractivity (Wildman–Crippen MR) is 117 cm³/mol. The van der Waals surface area contributed by atoms with Crippen molar-refractivity contribution in [2.45, 2.75) is 12.1 Å². The minimum atomic E-state index is -1.11. The third kappa shape index (κ3) is 3.12. The lowest BCUT2D eigenvalue weighted by molar-refractivity contribution is -0.384. The molecule has 0 aromatic heterocycles. The third-order valence-corrected chi connectivity index (χ3v) is 5.91. The summed E-state index contributed by atoms with van der Waals surface area (Å²) in [5, 5.41) is 13.6. The lowest BCUT2D eigenvalue weighted by Crippen LogP contribution is -2.37. The van der Waals surface area contributed by atoms with Crippen molar-refractivity contribution in [1.82, 2.24) is 0 Å². The molecule has 32 heavy (non-hydrogen) atoms. The zero-order valence-corrected chi connectivity index (χ0v) is 17.3. The minimum Gasteiger partial charge on any atom is -0.273 e. The van der Waals surface area contributed by atoms with Crippen LogP contribution in [-0.2, 0) is 14.4 Å². The van der Waals surface area contributed by atoms with Gasteiger partial charge in [0.15, 0.2) is 6.10 Å². The molecule has 3 aromatic carbocycles. The summed E-state index contributed by atoms with van der Waals surface area (Å²) in [6.45, 7) is 0. The Bertz CT molecular complexity index is 1220. The van der Waals surface area contributed by atoms with Gasteiger partial charge in [0.05, 0.1) is 16.7 Å². The van der Waals surface area contributed by atoms with Crippen LogP contribution < -0.4 is 9.96 Å². The van der Waals surface area contributed by atoms with Crippen LogP contribution in [0.3, 0.4) is 0 Å². The number of nitro benzene ring substituents is 1. The highest BCUT2D eigenvalue weighted by Crippen LogP contribution is 2.48. The Kier molecular flexibility index (Phi) is 4.88. The molecule has 2 aliphatic heterocycles. The van der Waals surface area contributed by atoms with Gasteiger partial charge in [-0.05, 0) is 35.9 Å². The number of anilines is 2. The molecular formula is C23H16ClN3O5. The van der Waals surface area contributed by atoms with E-state index in [2.05, 4.69) is 0 Å². The zero-order valence-electron chi connectivity index (χ0n) is 16.5. The van der Waals surface area contributed by atoms with E-state index in [1.54, 1.807) is 35.4 Å². The SMILES string of the molecule is O=C1[C@H]2[C@@H](c3ccc(Cl)cc3)N(c3ccccc3)O[C@H]2C(=O)N1c1ccccc1[N+](=O)[O-]. The number of hydrogen-bond donors (Lipinski definition) is 0. The quantitative estimate of drug-likeness (QED) is 0.335. The van der Waals surface area contributed by atoms with Crippen LogP contribution in [0.15, 0.2) is 78.9 Å². The average molecular weight is 450 g/mol. The molecular weight excluding hydrogens is 434 g/mol. The van der Waals surface area contributed by atoms with E-state index in [9.17, 15) is 19.7 Å². The number of carbonyl (C=O) groups is 2. The molecule has 3 aromatic rings. The highest BCUT2D eigenvalue weighted by molar-refractivity contribution is 6.30. The molecule has 2 fully saturated rings. The molecule has 2 amide bonds. The molecule has 9 heteroatoms. The maximum absolute atomic E-state index is 13.5. The normalized spacial score (nSPS) is 22.3. The molecule has 0 N–H and O–H groups in total. The number of nitro groups is 1. The van der Waals surface area contributed by atoms with E-state index >= 15 is 0 Å². The Hall–Kier alpha value is -3.75. The van der Waals surface area contributed by atoms with Crippen molar-refractivity contribution < 1.29 is 19.3 Å². The number of rotatable bonds is 4. The molecule has 2 saturated heterocycles.